The van der Waals surface area contributed by atoms with Gasteiger partial charge in [0, 0.05) is 24.9 Å². The van der Waals surface area contributed by atoms with Crippen LogP contribution < -0.4 is 10.6 Å². The third-order valence-corrected chi connectivity index (χ3v) is 3.21. The quantitative estimate of drug-likeness (QED) is 0.894. The number of aromatic nitrogens is 1. The van der Waals surface area contributed by atoms with Gasteiger partial charge in [0.25, 0.3) is 0 Å². The minimum absolute atomic E-state index is 0.0577. The second-order valence-corrected chi connectivity index (χ2v) is 4.63. The lowest BCUT2D eigenvalue weighted by Gasteiger charge is -2.17. The number of nitrogens with zero attached hydrogens (tertiary/aromatic N) is 1. The van der Waals surface area contributed by atoms with Crippen molar-refractivity contribution in [3.63, 3.8) is 0 Å². The van der Waals surface area contributed by atoms with Crippen LogP contribution >= 0.6 is 0 Å². The summed E-state index contributed by atoms with van der Waals surface area (Å²) in [6.07, 6.45) is 3.56. The zero-order valence-electron chi connectivity index (χ0n) is 11.0. The van der Waals surface area contributed by atoms with Gasteiger partial charge in [-0.25, -0.2) is 0 Å². The Morgan fingerprint density at radius 1 is 1.20 bits per heavy atom. The fourth-order valence-electron chi connectivity index (χ4n) is 2.13. The SMILES string of the molecule is O=C(NCc1ccccc1)C1=Cc2ncccc2NC1. The third kappa shape index (κ3) is 2.69. The lowest BCUT2D eigenvalue weighted by molar-refractivity contribution is -0.117. The van der Waals surface area contributed by atoms with Crippen LogP contribution in [0.5, 0.6) is 0 Å². The Morgan fingerprint density at radius 3 is 2.90 bits per heavy atom. The number of hydrogen-bond donors (Lipinski definition) is 2. The molecule has 3 rings (SSSR count). The summed E-state index contributed by atoms with van der Waals surface area (Å²) in [4.78, 5) is 16.4. The van der Waals surface area contributed by atoms with E-state index in [0.717, 1.165) is 16.9 Å². The number of hydrogen-bond acceptors (Lipinski definition) is 3. The Morgan fingerprint density at radius 2 is 2.05 bits per heavy atom. The molecule has 100 valence electrons. The molecule has 1 aromatic carbocycles. The molecular weight excluding hydrogens is 250 g/mol. The molecule has 0 saturated carbocycles. The fraction of sp³-hybridized carbons (Fsp3) is 0.125. The fourth-order valence-corrected chi connectivity index (χ4v) is 2.13. The van der Waals surface area contributed by atoms with Crippen LogP contribution in [0.1, 0.15) is 11.3 Å². The van der Waals surface area contributed by atoms with E-state index in [1.165, 1.54) is 0 Å². The van der Waals surface area contributed by atoms with E-state index < -0.39 is 0 Å². The lowest BCUT2D eigenvalue weighted by Crippen LogP contribution is -2.29. The van der Waals surface area contributed by atoms with E-state index in [4.69, 9.17) is 0 Å². The summed E-state index contributed by atoms with van der Waals surface area (Å²) in [6.45, 7) is 1.06. The molecule has 2 N–H and O–H groups in total. The van der Waals surface area contributed by atoms with Crippen molar-refractivity contribution in [2.75, 3.05) is 11.9 Å². The molecule has 0 unspecified atom stereocenters. The molecule has 4 heteroatoms. The number of rotatable bonds is 3. The van der Waals surface area contributed by atoms with Crippen LogP contribution in [-0.4, -0.2) is 17.4 Å². The molecule has 0 spiro atoms. The molecule has 4 nitrogen and oxygen atoms in total. The average Bonchev–Trinajstić information content (AvgIpc) is 2.53. The highest BCUT2D eigenvalue weighted by Crippen LogP contribution is 2.20. The molecule has 1 aliphatic heterocycles. The van der Waals surface area contributed by atoms with Crippen molar-refractivity contribution in [1.29, 1.82) is 0 Å². The summed E-state index contributed by atoms with van der Waals surface area (Å²) in [5, 5.41) is 6.12. The summed E-state index contributed by atoms with van der Waals surface area (Å²) >= 11 is 0. The van der Waals surface area contributed by atoms with Crippen LogP contribution in [0.4, 0.5) is 5.69 Å². The highest BCUT2D eigenvalue weighted by molar-refractivity contribution is 6.00. The molecule has 0 fully saturated rings. The number of nitrogens with one attached hydrogen (secondary N) is 2. The Hall–Kier alpha value is -2.62. The maximum absolute atomic E-state index is 12.1. The number of pyridine rings is 1. The topological polar surface area (TPSA) is 54.0 Å². The molecule has 2 aromatic rings. The molecule has 0 bridgehead atoms. The largest absolute Gasteiger partial charge is 0.379 e. The van der Waals surface area contributed by atoms with E-state index >= 15 is 0 Å². The Labute approximate surface area is 117 Å². The highest BCUT2D eigenvalue weighted by atomic mass is 16.1. The third-order valence-electron chi connectivity index (χ3n) is 3.21. The maximum atomic E-state index is 12.1. The molecule has 1 amide bonds. The zero-order valence-corrected chi connectivity index (χ0v) is 11.0. The summed E-state index contributed by atoms with van der Waals surface area (Å²) < 4.78 is 0. The normalized spacial score (nSPS) is 12.9. The molecule has 0 radical (unpaired) electrons. The Kier molecular flexibility index (Phi) is 3.46. The number of carbonyl (C=O) groups is 1. The average molecular weight is 265 g/mol. The lowest BCUT2D eigenvalue weighted by atomic mass is 10.1. The Bertz CT molecular complexity index is 650. The number of anilines is 1. The maximum Gasteiger partial charge on any atom is 0.249 e. The smallest absolute Gasteiger partial charge is 0.249 e. The highest BCUT2D eigenvalue weighted by Gasteiger charge is 2.15. The number of fused-ring (bicyclic) bond motifs is 1. The minimum Gasteiger partial charge on any atom is -0.379 e. The van der Waals surface area contributed by atoms with Crippen LogP contribution in [0, 0.1) is 0 Å². The van der Waals surface area contributed by atoms with Crippen molar-refractivity contribution in [3.8, 4) is 0 Å². The summed E-state index contributed by atoms with van der Waals surface area (Å²) in [7, 11) is 0. The summed E-state index contributed by atoms with van der Waals surface area (Å²) in [6, 6.07) is 13.7. The number of benzene rings is 1. The van der Waals surface area contributed by atoms with Gasteiger partial charge in [-0.1, -0.05) is 30.3 Å². The predicted octanol–water partition coefficient (Wildman–Crippen LogP) is 2.21. The molecule has 0 aliphatic carbocycles. The van der Waals surface area contributed by atoms with Gasteiger partial charge < -0.3 is 10.6 Å². The van der Waals surface area contributed by atoms with Gasteiger partial charge in [-0.15, -0.1) is 0 Å². The van der Waals surface area contributed by atoms with Gasteiger partial charge in [0.15, 0.2) is 0 Å². The van der Waals surface area contributed by atoms with E-state index in [-0.39, 0.29) is 5.91 Å². The first-order valence-corrected chi connectivity index (χ1v) is 6.54. The second-order valence-electron chi connectivity index (χ2n) is 4.63. The zero-order chi connectivity index (χ0) is 13.8. The van der Waals surface area contributed by atoms with E-state index in [0.29, 0.717) is 18.7 Å². The first-order chi connectivity index (χ1) is 9.83. The summed E-state index contributed by atoms with van der Waals surface area (Å²) in [5.41, 5.74) is 3.56. The van der Waals surface area contributed by atoms with E-state index in [2.05, 4.69) is 15.6 Å². The standard InChI is InChI=1S/C16H15N3O/c20-16(19-10-12-5-2-1-3-6-12)13-9-15-14(18-11-13)7-4-8-17-15/h1-9,18H,10-11H2,(H,19,20). The van der Waals surface area contributed by atoms with Crippen molar-refractivity contribution in [3.05, 3.63) is 65.5 Å². The molecule has 0 atom stereocenters. The number of amides is 1. The van der Waals surface area contributed by atoms with Crippen molar-refractivity contribution < 1.29 is 4.79 Å². The van der Waals surface area contributed by atoms with Crippen molar-refractivity contribution in [1.82, 2.24) is 10.3 Å². The van der Waals surface area contributed by atoms with Gasteiger partial charge in [0.05, 0.1) is 11.4 Å². The molecular formula is C16H15N3O. The molecule has 20 heavy (non-hydrogen) atoms. The van der Waals surface area contributed by atoms with Crippen LogP contribution in [0.2, 0.25) is 0 Å². The Balaban J connectivity index is 1.68. The monoisotopic (exact) mass is 265 g/mol. The van der Waals surface area contributed by atoms with Crippen molar-refractivity contribution in [2.45, 2.75) is 6.54 Å². The van der Waals surface area contributed by atoms with E-state index in [1.807, 2.05) is 48.5 Å². The van der Waals surface area contributed by atoms with Crippen LogP contribution in [0.25, 0.3) is 6.08 Å². The first kappa shape index (κ1) is 12.4. The predicted molar refractivity (Wildman–Crippen MR) is 79.0 cm³/mol. The van der Waals surface area contributed by atoms with Gasteiger partial charge in [0.1, 0.15) is 0 Å². The number of carbonyl (C=O) groups excluding carboxylic acids is 1. The van der Waals surface area contributed by atoms with Gasteiger partial charge >= 0.3 is 0 Å². The van der Waals surface area contributed by atoms with Gasteiger partial charge in [0.2, 0.25) is 5.91 Å². The minimum atomic E-state index is -0.0577. The molecule has 1 aromatic heterocycles. The summed E-state index contributed by atoms with van der Waals surface area (Å²) in [5.74, 6) is -0.0577. The van der Waals surface area contributed by atoms with Gasteiger partial charge in [-0.2, -0.15) is 0 Å². The first-order valence-electron chi connectivity index (χ1n) is 6.54. The van der Waals surface area contributed by atoms with Crippen LogP contribution in [0.15, 0.2) is 54.2 Å². The van der Waals surface area contributed by atoms with Crippen molar-refractivity contribution in [2.24, 2.45) is 0 Å². The molecule has 1 aliphatic rings. The second kappa shape index (κ2) is 5.57. The van der Waals surface area contributed by atoms with Crippen LogP contribution in [0.3, 0.4) is 0 Å². The molecule has 2 heterocycles. The van der Waals surface area contributed by atoms with Crippen molar-refractivity contribution >= 4 is 17.7 Å². The van der Waals surface area contributed by atoms with E-state index in [9.17, 15) is 4.79 Å². The van der Waals surface area contributed by atoms with Crippen LogP contribution in [-0.2, 0) is 11.3 Å². The van der Waals surface area contributed by atoms with E-state index in [1.54, 1.807) is 6.20 Å². The molecule has 0 saturated heterocycles. The van der Waals surface area contributed by atoms with Gasteiger partial charge in [-0.05, 0) is 23.8 Å². The van der Waals surface area contributed by atoms with Gasteiger partial charge in [-0.3, -0.25) is 9.78 Å².